The van der Waals surface area contributed by atoms with E-state index in [2.05, 4.69) is 43.6 Å². The van der Waals surface area contributed by atoms with E-state index in [4.69, 9.17) is 0 Å². The molecule has 3 atom stereocenters. The maximum atomic E-state index is 13.0. The Morgan fingerprint density at radius 3 is 1.67 bits per heavy atom. The Bertz CT molecular complexity index is 761. The monoisotopic (exact) mass is 491 g/mol. The first-order valence-corrected chi connectivity index (χ1v) is 12.9. The van der Waals surface area contributed by atoms with Gasteiger partial charge in [0.15, 0.2) is 0 Å². The molecule has 3 amide bonds. The molecule has 0 radical (unpaired) electrons. The number of rotatable bonds is 9. The average Bonchev–Trinajstić information content (AvgIpc) is 2.60. The highest BCUT2D eigenvalue weighted by Crippen LogP contribution is 2.25. The number of likely N-dealkylation sites (N-methyl/N-ethyl adjacent to an activating group) is 1. The van der Waals surface area contributed by atoms with E-state index in [0.29, 0.717) is 6.54 Å². The normalized spacial score (nSPS) is 16.3. The number of nitrogens with one attached hydrogen (secondary N) is 3. The summed E-state index contributed by atoms with van der Waals surface area (Å²) in [6.07, 6.45) is 0. The van der Waals surface area contributed by atoms with Gasteiger partial charge in [0.1, 0.15) is 6.04 Å². The second-order valence-corrected chi connectivity index (χ2v) is 14.7. The van der Waals surface area contributed by atoms with Gasteiger partial charge in [0.25, 0.3) is 10.2 Å². The molecule has 0 fully saturated rings. The van der Waals surface area contributed by atoms with Crippen LogP contribution >= 0.6 is 0 Å². The van der Waals surface area contributed by atoms with Gasteiger partial charge in [-0.25, -0.2) is 4.79 Å². The first-order chi connectivity index (χ1) is 14.5. The summed E-state index contributed by atoms with van der Waals surface area (Å²) < 4.78 is 27.2. The molecule has 196 valence electrons. The number of hydrogen-bond acceptors (Lipinski definition) is 4. The predicted octanol–water partition coefficient (Wildman–Crippen LogP) is 2.65. The molecule has 3 N–H and O–H groups in total. The average molecular weight is 492 g/mol. The van der Waals surface area contributed by atoms with Gasteiger partial charge in [-0.1, -0.05) is 69.2 Å². The van der Waals surface area contributed by atoms with Gasteiger partial charge < -0.3 is 16.0 Å². The molecule has 0 aliphatic heterocycles. The standard InChI is InChI=1S/C23H49N5O4S/c1-16(21(2,3)4)14-24-19(29)18(23(8,9)10)26-20(30)25-17(22(5,6)7)15-28(13)33(31,32)27(11)12/h16-18H,14-15H2,1-13H3,(H,24,29)(H2,25,26,30)/t16?,17-,18-/m1/s1. The molecule has 0 aliphatic carbocycles. The molecule has 0 aromatic heterocycles. The quantitative estimate of drug-likeness (QED) is 0.460. The van der Waals surface area contributed by atoms with Crippen LogP contribution in [0.5, 0.6) is 0 Å². The van der Waals surface area contributed by atoms with Crippen LogP contribution in [0.25, 0.3) is 0 Å². The highest BCUT2D eigenvalue weighted by molar-refractivity contribution is 7.86. The summed E-state index contributed by atoms with van der Waals surface area (Å²) >= 11 is 0. The van der Waals surface area contributed by atoms with Gasteiger partial charge in [-0.2, -0.15) is 17.0 Å². The van der Waals surface area contributed by atoms with Gasteiger partial charge in [-0.15, -0.1) is 0 Å². The van der Waals surface area contributed by atoms with Crippen LogP contribution in [0.4, 0.5) is 4.79 Å². The molecule has 0 rings (SSSR count). The highest BCUT2D eigenvalue weighted by atomic mass is 32.2. The third kappa shape index (κ3) is 10.2. The Labute approximate surface area is 202 Å². The number of urea groups is 1. The Kier molecular flexibility index (Phi) is 10.9. The molecular weight excluding hydrogens is 442 g/mol. The third-order valence-corrected chi connectivity index (χ3v) is 7.97. The van der Waals surface area contributed by atoms with Gasteiger partial charge in [-0.3, -0.25) is 4.79 Å². The van der Waals surface area contributed by atoms with Crippen LogP contribution < -0.4 is 16.0 Å². The van der Waals surface area contributed by atoms with Crippen LogP contribution in [-0.2, 0) is 15.0 Å². The maximum absolute atomic E-state index is 13.0. The Balaban J connectivity index is 5.47. The zero-order valence-electron chi connectivity index (χ0n) is 23.1. The highest BCUT2D eigenvalue weighted by Gasteiger charge is 2.36. The summed E-state index contributed by atoms with van der Waals surface area (Å²) in [5.74, 6) is 0.0173. The fraction of sp³-hybridized carbons (Fsp3) is 0.913. The van der Waals surface area contributed by atoms with Crippen LogP contribution in [0.1, 0.15) is 69.2 Å². The van der Waals surface area contributed by atoms with E-state index in [-0.39, 0.29) is 23.8 Å². The molecule has 1 unspecified atom stereocenters. The second-order valence-electron chi connectivity index (χ2n) is 12.4. The molecule has 0 heterocycles. The molecule has 0 aromatic rings. The second kappa shape index (κ2) is 11.4. The van der Waals surface area contributed by atoms with E-state index in [9.17, 15) is 18.0 Å². The lowest BCUT2D eigenvalue weighted by Crippen LogP contribution is -2.60. The van der Waals surface area contributed by atoms with Gasteiger partial charge in [-0.05, 0) is 22.2 Å². The van der Waals surface area contributed by atoms with Crippen LogP contribution in [-0.4, -0.2) is 75.3 Å². The number of hydrogen-bond donors (Lipinski definition) is 3. The third-order valence-electron chi connectivity index (χ3n) is 6.11. The summed E-state index contributed by atoms with van der Waals surface area (Å²) in [6.45, 7) is 20.5. The Morgan fingerprint density at radius 1 is 0.818 bits per heavy atom. The minimum atomic E-state index is -3.62. The summed E-state index contributed by atoms with van der Waals surface area (Å²) in [5.41, 5.74) is -0.891. The molecule has 0 bridgehead atoms. The van der Waals surface area contributed by atoms with Crippen molar-refractivity contribution in [3.63, 3.8) is 0 Å². The molecule has 0 spiro atoms. The zero-order valence-corrected chi connectivity index (χ0v) is 23.9. The van der Waals surface area contributed by atoms with E-state index in [0.717, 1.165) is 4.31 Å². The van der Waals surface area contributed by atoms with Gasteiger partial charge >= 0.3 is 6.03 Å². The van der Waals surface area contributed by atoms with E-state index in [1.165, 1.54) is 25.4 Å². The fourth-order valence-corrected chi connectivity index (χ4v) is 3.73. The zero-order chi connectivity index (χ0) is 26.6. The number of nitrogens with zero attached hydrogens (tertiary/aromatic N) is 2. The largest absolute Gasteiger partial charge is 0.354 e. The lowest BCUT2D eigenvalue weighted by atomic mass is 9.81. The van der Waals surface area contributed by atoms with Crippen molar-refractivity contribution in [2.24, 2.45) is 22.2 Å². The smallest absolute Gasteiger partial charge is 0.315 e. The SMILES string of the molecule is CC(CNC(=O)[C@@H](NC(=O)N[C@H](CN(C)S(=O)(=O)N(C)C)C(C)(C)C)C(C)(C)C)C(C)(C)C. The van der Waals surface area contributed by atoms with E-state index >= 15 is 0 Å². The fourth-order valence-electron chi connectivity index (χ4n) is 2.83. The Morgan fingerprint density at radius 2 is 1.30 bits per heavy atom. The number of carbonyl (C=O) groups excluding carboxylic acids is 2. The van der Waals surface area contributed by atoms with Gasteiger partial charge in [0, 0.05) is 40.3 Å². The molecular formula is C23H49N5O4S. The van der Waals surface area contributed by atoms with Crippen LogP contribution in [0, 0.1) is 22.2 Å². The molecule has 9 nitrogen and oxygen atoms in total. The van der Waals surface area contributed by atoms with E-state index in [1.54, 1.807) is 0 Å². The Hall–Kier alpha value is -1.39. The van der Waals surface area contributed by atoms with E-state index in [1.807, 2.05) is 41.5 Å². The van der Waals surface area contributed by atoms with Crippen molar-refractivity contribution in [3.05, 3.63) is 0 Å². The van der Waals surface area contributed by atoms with Crippen molar-refractivity contribution < 1.29 is 18.0 Å². The van der Waals surface area contributed by atoms with Crippen LogP contribution in [0.3, 0.4) is 0 Å². The minimum absolute atomic E-state index is 0.0498. The van der Waals surface area contributed by atoms with Gasteiger partial charge in [0.05, 0.1) is 0 Å². The van der Waals surface area contributed by atoms with Crippen molar-refractivity contribution in [3.8, 4) is 0 Å². The first-order valence-electron chi connectivity index (χ1n) is 11.5. The first kappa shape index (κ1) is 31.6. The van der Waals surface area contributed by atoms with Crippen molar-refractivity contribution in [2.45, 2.75) is 81.3 Å². The molecule has 10 heteroatoms. The van der Waals surface area contributed by atoms with Crippen molar-refractivity contribution >= 4 is 22.1 Å². The lowest BCUT2D eigenvalue weighted by Gasteiger charge is -2.36. The molecule has 33 heavy (non-hydrogen) atoms. The minimum Gasteiger partial charge on any atom is -0.354 e. The maximum Gasteiger partial charge on any atom is 0.315 e. The van der Waals surface area contributed by atoms with Crippen LogP contribution in [0.2, 0.25) is 0 Å². The number of amides is 3. The molecule has 0 saturated carbocycles. The molecule has 0 aliphatic rings. The van der Waals surface area contributed by atoms with Gasteiger partial charge in [0.2, 0.25) is 5.91 Å². The topological polar surface area (TPSA) is 111 Å². The molecule has 0 saturated heterocycles. The van der Waals surface area contributed by atoms with E-state index < -0.39 is 39.2 Å². The van der Waals surface area contributed by atoms with Crippen molar-refractivity contribution in [2.75, 3.05) is 34.2 Å². The summed E-state index contributed by atoms with van der Waals surface area (Å²) in [6, 6.07) is -1.75. The van der Waals surface area contributed by atoms with Crippen molar-refractivity contribution in [1.29, 1.82) is 0 Å². The summed E-state index contributed by atoms with van der Waals surface area (Å²) in [5, 5.41) is 8.68. The number of carbonyl (C=O) groups is 2. The molecule has 0 aromatic carbocycles. The van der Waals surface area contributed by atoms with Crippen molar-refractivity contribution in [1.82, 2.24) is 24.6 Å². The lowest BCUT2D eigenvalue weighted by molar-refractivity contribution is -0.125. The van der Waals surface area contributed by atoms with Crippen LogP contribution in [0.15, 0.2) is 0 Å². The summed E-state index contributed by atoms with van der Waals surface area (Å²) in [4.78, 5) is 25.9. The summed E-state index contributed by atoms with van der Waals surface area (Å²) in [7, 11) is 0.784. The predicted molar refractivity (Wildman–Crippen MR) is 135 cm³/mol.